The van der Waals surface area contributed by atoms with Crippen molar-refractivity contribution >= 4 is 16.5 Å². The number of nitriles is 1. The lowest BCUT2D eigenvalue weighted by atomic mass is 10.1. The summed E-state index contributed by atoms with van der Waals surface area (Å²) in [6.07, 6.45) is 2.06. The third kappa shape index (κ3) is 1.85. The summed E-state index contributed by atoms with van der Waals surface area (Å²) in [6.45, 7) is 0.761. The molecule has 0 saturated heterocycles. The Bertz CT molecular complexity index is 586. The van der Waals surface area contributed by atoms with E-state index in [1.807, 2.05) is 12.1 Å². The second-order valence-electron chi connectivity index (χ2n) is 4.77. The van der Waals surface area contributed by atoms with Crippen LogP contribution in [0.25, 0.3) is 10.8 Å². The minimum Gasteiger partial charge on any atom is -0.383 e. The van der Waals surface area contributed by atoms with E-state index in [4.69, 9.17) is 5.26 Å². The molecule has 0 aromatic heterocycles. The Labute approximate surface area is 101 Å². The molecule has 0 bridgehead atoms. The molecule has 0 amide bonds. The molecule has 0 unspecified atom stereocenters. The standard InChI is InChI=1S/C15H14N2/c16-10-15(8-9-15)11-17-14-7-3-5-12-4-1-2-6-13(12)14/h1-7,17H,8-9,11H2. The van der Waals surface area contributed by atoms with Gasteiger partial charge in [-0.15, -0.1) is 0 Å². The monoisotopic (exact) mass is 222 g/mol. The Morgan fingerprint density at radius 1 is 1.12 bits per heavy atom. The molecule has 2 aromatic carbocycles. The van der Waals surface area contributed by atoms with Crippen molar-refractivity contribution in [3.05, 3.63) is 42.5 Å². The van der Waals surface area contributed by atoms with Gasteiger partial charge >= 0.3 is 0 Å². The van der Waals surface area contributed by atoms with Crippen molar-refractivity contribution in [2.24, 2.45) is 5.41 Å². The van der Waals surface area contributed by atoms with E-state index in [0.717, 1.165) is 25.1 Å². The quantitative estimate of drug-likeness (QED) is 0.862. The fraction of sp³-hybridized carbons (Fsp3) is 0.267. The maximum atomic E-state index is 9.06. The van der Waals surface area contributed by atoms with Crippen LogP contribution in [-0.2, 0) is 0 Å². The van der Waals surface area contributed by atoms with Crippen LogP contribution >= 0.6 is 0 Å². The predicted octanol–water partition coefficient (Wildman–Crippen LogP) is 3.56. The van der Waals surface area contributed by atoms with E-state index in [2.05, 4.69) is 41.7 Å². The zero-order valence-electron chi connectivity index (χ0n) is 9.61. The van der Waals surface area contributed by atoms with Gasteiger partial charge in [0.2, 0.25) is 0 Å². The molecule has 2 aromatic rings. The van der Waals surface area contributed by atoms with Crippen LogP contribution in [0.5, 0.6) is 0 Å². The molecule has 17 heavy (non-hydrogen) atoms. The van der Waals surface area contributed by atoms with Gasteiger partial charge in [0, 0.05) is 17.6 Å². The molecule has 1 aliphatic rings. The number of nitrogens with one attached hydrogen (secondary N) is 1. The third-order valence-corrected chi connectivity index (χ3v) is 3.50. The van der Waals surface area contributed by atoms with E-state index in [9.17, 15) is 0 Å². The molecule has 84 valence electrons. The first-order valence-corrected chi connectivity index (χ1v) is 5.96. The van der Waals surface area contributed by atoms with E-state index in [1.54, 1.807) is 0 Å². The van der Waals surface area contributed by atoms with Crippen molar-refractivity contribution in [3.63, 3.8) is 0 Å². The van der Waals surface area contributed by atoms with Crippen LogP contribution in [0.4, 0.5) is 5.69 Å². The Kier molecular flexibility index (Phi) is 2.26. The van der Waals surface area contributed by atoms with Crippen molar-refractivity contribution in [1.29, 1.82) is 5.26 Å². The molecule has 2 heteroatoms. The molecule has 1 saturated carbocycles. The number of rotatable bonds is 3. The minimum absolute atomic E-state index is 0.100. The average molecular weight is 222 g/mol. The average Bonchev–Trinajstić information content (AvgIpc) is 3.17. The number of hydrogen-bond donors (Lipinski definition) is 1. The summed E-state index contributed by atoms with van der Waals surface area (Å²) in [5, 5.41) is 14.9. The predicted molar refractivity (Wildman–Crippen MR) is 69.7 cm³/mol. The lowest BCUT2D eigenvalue weighted by molar-refractivity contribution is 0.712. The van der Waals surface area contributed by atoms with Crippen LogP contribution in [0.15, 0.2) is 42.5 Å². The highest BCUT2D eigenvalue weighted by Crippen LogP contribution is 2.45. The highest BCUT2D eigenvalue weighted by molar-refractivity contribution is 5.93. The second-order valence-corrected chi connectivity index (χ2v) is 4.77. The molecule has 3 rings (SSSR count). The third-order valence-electron chi connectivity index (χ3n) is 3.50. The van der Waals surface area contributed by atoms with Crippen LogP contribution in [-0.4, -0.2) is 6.54 Å². The highest BCUT2D eigenvalue weighted by Gasteiger charge is 2.42. The normalized spacial score (nSPS) is 16.4. The summed E-state index contributed by atoms with van der Waals surface area (Å²) < 4.78 is 0. The highest BCUT2D eigenvalue weighted by atomic mass is 14.9. The molecule has 1 N–H and O–H groups in total. The fourth-order valence-electron chi connectivity index (χ4n) is 2.12. The lowest BCUT2D eigenvalue weighted by Crippen LogP contribution is -2.13. The van der Waals surface area contributed by atoms with Crippen LogP contribution in [0.1, 0.15) is 12.8 Å². The van der Waals surface area contributed by atoms with Crippen molar-refractivity contribution < 1.29 is 0 Å². The number of benzene rings is 2. The van der Waals surface area contributed by atoms with E-state index in [0.29, 0.717) is 0 Å². The van der Waals surface area contributed by atoms with Crippen molar-refractivity contribution in [3.8, 4) is 6.07 Å². The van der Waals surface area contributed by atoms with E-state index in [1.165, 1.54) is 10.8 Å². The summed E-state index contributed by atoms with van der Waals surface area (Å²) in [7, 11) is 0. The SMILES string of the molecule is N#CC1(CNc2cccc3ccccc23)CC1. The molecular weight excluding hydrogens is 208 g/mol. The van der Waals surface area contributed by atoms with Gasteiger partial charge in [-0.25, -0.2) is 0 Å². The Morgan fingerprint density at radius 2 is 1.88 bits per heavy atom. The summed E-state index contributed by atoms with van der Waals surface area (Å²) in [5.74, 6) is 0. The van der Waals surface area contributed by atoms with Gasteiger partial charge in [-0.2, -0.15) is 5.26 Å². The Morgan fingerprint density at radius 3 is 2.65 bits per heavy atom. The summed E-state index contributed by atoms with van der Waals surface area (Å²) in [4.78, 5) is 0. The number of anilines is 1. The molecule has 1 fully saturated rings. The molecule has 0 atom stereocenters. The van der Waals surface area contributed by atoms with E-state index in [-0.39, 0.29) is 5.41 Å². The van der Waals surface area contributed by atoms with Crippen LogP contribution in [0.2, 0.25) is 0 Å². The van der Waals surface area contributed by atoms with Gasteiger partial charge < -0.3 is 5.32 Å². The van der Waals surface area contributed by atoms with Crippen molar-refractivity contribution in [1.82, 2.24) is 0 Å². The van der Waals surface area contributed by atoms with Gasteiger partial charge in [0.25, 0.3) is 0 Å². The van der Waals surface area contributed by atoms with Gasteiger partial charge in [0.05, 0.1) is 11.5 Å². The van der Waals surface area contributed by atoms with Gasteiger partial charge in [-0.3, -0.25) is 0 Å². The summed E-state index contributed by atoms with van der Waals surface area (Å²) in [6, 6.07) is 17.0. The fourth-order valence-corrected chi connectivity index (χ4v) is 2.12. The zero-order valence-corrected chi connectivity index (χ0v) is 9.61. The van der Waals surface area contributed by atoms with E-state index < -0.39 is 0 Å². The zero-order chi connectivity index (χ0) is 11.7. The molecule has 0 radical (unpaired) electrons. The van der Waals surface area contributed by atoms with Crippen molar-refractivity contribution in [2.75, 3.05) is 11.9 Å². The van der Waals surface area contributed by atoms with Crippen molar-refractivity contribution in [2.45, 2.75) is 12.8 Å². The first kappa shape index (κ1) is 10.2. The van der Waals surface area contributed by atoms with Crippen LogP contribution in [0.3, 0.4) is 0 Å². The van der Waals surface area contributed by atoms with Gasteiger partial charge in [0.1, 0.15) is 0 Å². The molecule has 0 aliphatic heterocycles. The number of fused-ring (bicyclic) bond motifs is 1. The first-order chi connectivity index (χ1) is 8.33. The number of hydrogen-bond acceptors (Lipinski definition) is 2. The summed E-state index contributed by atoms with van der Waals surface area (Å²) in [5.41, 5.74) is 1.03. The minimum atomic E-state index is -0.100. The summed E-state index contributed by atoms with van der Waals surface area (Å²) >= 11 is 0. The van der Waals surface area contributed by atoms with Gasteiger partial charge in [-0.05, 0) is 24.3 Å². The number of nitrogens with zero attached hydrogens (tertiary/aromatic N) is 1. The van der Waals surface area contributed by atoms with Crippen LogP contribution < -0.4 is 5.32 Å². The molecule has 0 heterocycles. The molecular formula is C15H14N2. The maximum Gasteiger partial charge on any atom is 0.0747 e. The topological polar surface area (TPSA) is 35.8 Å². The lowest BCUT2D eigenvalue weighted by Gasteiger charge is -2.11. The largest absolute Gasteiger partial charge is 0.383 e. The molecule has 2 nitrogen and oxygen atoms in total. The first-order valence-electron chi connectivity index (χ1n) is 5.96. The molecule has 0 spiro atoms. The molecule has 1 aliphatic carbocycles. The van der Waals surface area contributed by atoms with E-state index >= 15 is 0 Å². The van der Waals surface area contributed by atoms with Crippen LogP contribution in [0, 0.1) is 16.7 Å². The maximum absolute atomic E-state index is 9.06. The van der Waals surface area contributed by atoms with Gasteiger partial charge in [0.15, 0.2) is 0 Å². The second kappa shape index (κ2) is 3.78. The Balaban J connectivity index is 1.88. The Hall–Kier alpha value is -2.01. The van der Waals surface area contributed by atoms with Gasteiger partial charge in [-0.1, -0.05) is 36.4 Å². The smallest absolute Gasteiger partial charge is 0.0747 e.